The number of rotatable bonds is 1. The molecule has 1 aliphatic carbocycles. The molecule has 6 bridgehead atoms. The fourth-order valence-electron chi connectivity index (χ4n) is 4.73. The summed E-state index contributed by atoms with van der Waals surface area (Å²) in [5, 5.41) is 7.27. The number of hydrogen-bond acceptors (Lipinski definition) is 4. The van der Waals surface area contributed by atoms with Gasteiger partial charge in [-0.05, 0) is 55.9 Å². The molecular formula is C27H36N4. The van der Waals surface area contributed by atoms with Crippen molar-refractivity contribution in [3.63, 3.8) is 0 Å². The largest absolute Gasteiger partial charge is 0.310 e. The van der Waals surface area contributed by atoms with E-state index in [1.165, 1.54) is 23.4 Å². The molecule has 0 aromatic carbocycles. The molecule has 2 N–H and O–H groups in total. The van der Waals surface area contributed by atoms with Crippen molar-refractivity contribution in [3.8, 4) is 0 Å². The van der Waals surface area contributed by atoms with Gasteiger partial charge in [-0.1, -0.05) is 56.2 Å². The van der Waals surface area contributed by atoms with E-state index >= 15 is 0 Å². The van der Waals surface area contributed by atoms with Gasteiger partial charge in [0.15, 0.2) is 0 Å². The minimum atomic E-state index is 0.137. The van der Waals surface area contributed by atoms with Gasteiger partial charge in [0, 0.05) is 43.0 Å². The molecule has 0 radical (unpaired) electrons. The Bertz CT molecular complexity index is 932. The highest BCUT2D eigenvalue weighted by atomic mass is 14.9. The Balaban J connectivity index is 1.53. The van der Waals surface area contributed by atoms with Crippen LogP contribution in [0, 0.1) is 11.3 Å². The molecule has 2 atom stereocenters. The van der Waals surface area contributed by atoms with Crippen molar-refractivity contribution in [1.82, 2.24) is 20.6 Å². The van der Waals surface area contributed by atoms with Crippen LogP contribution in [0.2, 0.25) is 0 Å². The molecule has 164 valence electrons. The van der Waals surface area contributed by atoms with Crippen molar-refractivity contribution in [1.29, 1.82) is 0 Å². The maximum absolute atomic E-state index is 4.96. The number of nitrogens with one attached hydrogen (secondary N) is 2. The molecule has 0 saturated heterocycles. The van der Waals surface area contributed by atoms with Crippen molar-refractivity contribution in [2.24, 2.45) is 11.3 Å². The summed E-state index contributed by atoms with van der Waals surface area (Å²) in [6.45, 7) is 8.13. The first-order chi connectivity index (χ1) is 15.1. The fourth-order valence-corrected chi connectivity index (χ4v) is 4.73. The Hall–Kier alpha value is -2.30. The number of aromatic nitrogens is 2. The zero-order valence-corrected chi connectivity index (χ0v) is 19.0. The smallest absolute Gasteiger partial charge is 0.0545 e. The molecule has 2 unspecified atom stereocenters. The van der Waals surface area contributed by atoms with Gasteiger partial charge in [0.1, 0.15) is 0 Å². The van der Waals surface area contributed by atoms with Gasteiger partial charge in [0.2, 0.25) is 0 Å². The molecule has 0 spiro atoms. The van der Waals surface area contributed by atoms with Crippen LogP contribution in [-0.4, -0.2) is 23.1 Å². The van der Waals surface area contributed by atoms with Gasteiger partial charge in [0.25, 0.3) is 0 Å². The Morgan fingerprint density at radius 3 is 2.45 bits per heavy atom. The van der Waals surface area contributed by atoms with Crippen molar-refractivity contribution >= 4 is 0 Å². The molecule has 0 amide bonds. The first kappa shape index (κ1) is 21.9. The Kier molecular flexibility index (Phi) is 7.31. The highest BCUT2D eigenvalue weighted by Gasteiger charge is 2.24. The standard InChI is InChI=1S/C27H36N4/c1-3-21-12-13-23-8-4-10-25(30-23)18-28-17-22-7-6-14-27(2,16-22)20-29-19-26-11-5-9-24(15-21)31-26/h4-11,14,21,28-29H,3,12-13,15-20H2,1-2H3. The first-order valence-corrected chi connectivity index (χ1v) is 11.8. The minimum Gasteiger partial charge on any atom is -0.310 e. The third-order valence-electron chi connectivity index (χ3n) is 6.57. The Labute approximate surface area is 187 Å². The molecule has 4 rings (SSSR count). The number of aryl methyl sites for hydroxylation is 1. The van der Waals surface area contributed by atoms with E-state index < -0.39 is 0 Å². The van der Waals surface area contributed by atoms with E-state index in [9.17, 15) is 0 Å². The summed E-state index contributed by atoms with van der Waals surface area (Å²) in [4.78, 5) is 9.87. The first-order valence-electron chi connectivity index (χ1n) is 11.8. The Morgan fingerprint density at radius 1 is 0.935 bits per heavy atom. The predicted octanol–water partition coefficient (Wildman–Crippen LogP) is 4.76. The van der Waals surface area contributed by atoms with E-state index in [-0.39, 0.29) is 5.41 Å². The fraction of sp³-hybridized carbons (Fsp3) is 0.481. The zero-order valence-electron chi connectivity index (χ0n) is 19.0. The predicted molar refractivity (Wildman–Crippen MR) is 128 cm³/mol. The van der Waals surface area contributed by atoms with Gasteiger partial charge in [-0.2, -0.15) is 0 Å². The van der Waals surface area contributed by atoms with Crippen LogP contribution in [0.3, 0.4) is 0 Å². The molecule has 31 heavy (non-hydrogen) atoms. The molecular weight excluding hydrogens is 380 g/mol. The van der Waals surface area contributed by atoms with Crippen LogP contribution in [0.5, 0.6) is 0 Å². The van der Waals surface area contributed by atoms with E-state index in [1.54, 1.807) is 0 Å². The van der Waals surface area contributed by atoms with E-state index in [0.29, 0.717) is 5.92 Å². The average molecular weight is 417 g/mol. The number of fused-ring (bicyclic) bond motifs is 6. The third kappa shape index (κ3) is 6.34. The summed E-state index contributed by atoms with van der Waals surface area (Å²) < 4.78 is 0. The van der Waals surface area contributed by atoms with Crippen LogP contribution in [0.25, 0.3) is 0 Å². The summed E-state index contributed by atoms with van der Waals surface area (Å²) in [5.74, 6) is 0.636. The van der Waals surface area contributed by atoms with Crippen molar-refractivity contribution in [2.75, 3.05) is 13.1 Å². The van der Waals surface area contributed by atoms with Gasteiger partial charge in [-0.15, -0.1) is 0 Å². The van der Waals surface area contributed by atoms with Gasteiger partial charge < -0.3 is 10.6 Å². The summed E-state index contributed by atoms with van der Waals surface area (Å²) in [5.41, 5.74) is 6.27. The van der Waals surface area contributed by atoms with Gasteiger partial charge in [0.05, 0.1) is 11.4 Å². The lowest BCUT2D eigenvalue weighted by Crippen LogP contribution is -2.33. The maximum Gasteiger partial charge on any atom is 0.0545 e. The van der Waals surface area contributed by atoms with Crippen LogP contribution < -0.4 is 10.6 Å². The molecule has 2 aliphatic rings. The summed E-state index contributed by atoms with van der Waals surface area (Å²) in [6.07, 6.45) is 12.3. The van der Waals surface area contributed by atoms with Gasteiger partial charge in [-0.25, -0.2) is 0 Å². The molecule has 1 aliphatic heterocycles. The summed E-state index contributed by atoms with van der Waals surface area (Å²) in [6, 6.07) is 12.9. The molecule has 2 aromatic heterocycles. The van der Waals surface area contributed by atoms with E-state index in [2.05, 4.69) is 79.1 Å². The SMILES string of the molecule is CCC1CCc2cccc(n2)CNCC2=CC=CC(C)(CNCc3cccc(n3)C1)C2. The lowest BCUT2D eigenvalue weighted by atomic mass is 9.80. The lowest BCUT2D eigenvalue weighted by Gasteiger charge is -2.30. The van der Waals surface area contributed by atoms with Crippen LogP contribution in [0.1, 0.15) is 55.9 Å². The molecule has 4 heteroatoms. The monoisotopic (exact) mass is 416 g/mol. The molecule has 2 aromatic rings. The number of nitrogens with zero attached hydrogens (tertiary/aromatic N) is 2. The molecule has 0 fully saturated rings. The minimum absolute atomic E-state index is 0.137. The zero-order chi connectivity index (χ0) is 21.5. The second-order valence-electron chi connectivity index (χ2n) is 9.48. The molecule has 0 saturated carbocycles. The van der Waals surface area contributed by atoms with E-state index in [4.69, 9.17) is 9.97 Å². The average Bonchev–Trinajstić information content (AvgIpc) is 2.77. The highest BCUT2D eigenvalue weighted by molar-refractivity contribution is 5.25. The van der Waals surface area contributed by atoms with Crippen LogP contribution in [0.15, 0.2) is 60.2 Å². The number of allylic oxidation sites excluding steroid dienone is 2. The van der Waals surface area contributed by atoms with E-state index in [1.807, 2.05) is 0 Å². The van der Waals surface area contributed by atoms with Crippen molar-refractivity contribution < 1.29 is 0 Å². The summed E-state index contributed by atoms with van der Waals surface area (Å²) >= 11 is 0. The third-order valence-corrected chi connectivity index (χ3v) is 6.57. The lowest BCUT2D eigenvalue weighted by molar-refractivity contribution is 0.379. The molecule has 3 heterocycles. The molecule has 4 nitrogen and oxygen atoms in total. The number of pyridine rings is 2. The highest BCUT2D eigenvalue weighted by Crippen LogP contribution is 2.30. The summed E-state index contributed by atoms with van der Waals surface area (Å²) in [7, 11) is 0. The Morgan fingerprint density at radius 2 is 1.65 bits per heavy atom. The van der Waals surface area contributed by atoms with Crippen molar-refractivity contribution in [3.05, 3.63) is 83.0 Å². The second-order valence-corrected chi connectivity index (χ2v) is 9.48. The van der Waals surface area contributed by atoms with Gasteiger partial charge in [-0.3, -0.25) is 9.97 Å². The van der Waals surface area contributed by atoms with Crippen LogP contribution in [-0.2, 0) is 25.9 Å². The normalized spacial score (nSPS) is 25.1. The van der Waals surface area contributed by atoms with Crippen LogP contribution >= 0.6 is 0 Å². The maximum atomic E-state index is 4.96. The van der Waals surface area contributed by atoms with Gasteiger partial charge >= 0.3 is 0 Å². The number of hydrogen-bond donors (Lipinski definition) is 2. The quantitative estimate of drug-likeness (QED) is 0.703. The second kappa shape index (κ2) is 10.3. The van der Waals surface area contributed by atoms with Crippen LogP contribution in [0.4, 0.5) is 0 Å². The van der Waals surface area contributed by atoms with Crippen molar-refractivity contribution in [2.45, 2.75) is 59.0 Å². The topological polar surface area (TPSA) is 49.8 Å². The van der Waals surface area contributed by atoms with E-state index in [0.717, 1.165) is 63.3 Å².